The Kier molecular flexibility index (Phi) is 15.2. The molecule has 0 radical (unpaired) electrons. The number of rotatable bonds is 15. The Morgan fingerprint density at radius 3 is 2.26 bits per heavy atom. The number of nitrogens with one attached hydrogen (secondary N) is 2. The third-order valence-corrected chi connectivity index (χ3v) is 11.9. The van der Waals surface area contributed by atoms with Gasteiger partial charge in [0, 0.05) is 49.9 Å². The van der Waals surface area contributed by atoms with Crippen LogP contribution in [-0.2, 0) is 22.6 Å². The zero-order valence-electron chi connectivity index (χ0n) is 34.2. The van der Waals surface area contributed by atoms with E-state index in [0.717, 1.165) is 58.3 Å². The van der Waals surface area contributed by atoms with E-state index in [4.69, 9.17) is 0 Å². The highest BCUT2D eigenvalue weighted by Gasteiger charge is 2.40. The number of carbonyl (C=O) groups excluding carboxylic acids is 5. The van der Waals surface area contributed by atoms with Crippen LogP contribution in [-0.4, -0.2) is 75.5 Å². The Morgan fingerprint density at radius 2 is 1.56 bits per heavy atom. The van der Waals surface area contributed by atoms with E-state index >= 15 is 0 Å². The molecule has 2 aliphatic heterocycles. The summed E-state index contributed by atoms with van der Waals surface area (Å²) < 4.78 is 28.7. The molecule has 320 valence electrons. The molecule has 0 saturated carbocycles. The number of benzene rings is 5. The first-order valence-corrected chi connectivity index (χ1v) is 21.1. The number of ketones is 1. The number of hydrogen-bond donors (Lipinski definition) is 2. The molecule has 9 nitrogen and oxygen atoms in total. The summed E-state index contributed by atoms with van der Waals surface area (Å²) in [4.78, 5) is 69.4. The van der Waals surface area contributed by atoms with Crippen LogP contribution in [0.3, 0.4) is 0 Å². The van der Waals surface area contributed by atoms with Gasteiger partial charge >= 0.3 is 0 Å². The highest BCUT2D eigenvalue weighted by atomic mass is 35.5. The molecule has 2 fully saturated rings. The van der Waals surface area contributed by atoms with Crippen molar-refractivity contribution in [2.45, 2.75) is 50.6 Å². The molecule has 62 heavy (non-hydrogen) atoms. The van der Waals surface area contributed by atoms with E-state index in [1.165, 1.54) is 18.2 Å². The number of nitrogens with zero attached hydrogens (tertiary/aromatic N) is 2. The lowest BCUT2D eigenvalue weighted by molar-refractivity contribution is -0.119. The summed E-state index contributed by atoms with van der Waals surface area (Å²) in [5, 5.41) is 4.46. The Bertz CT molecular complexity index is 2470. The molecule has 5 aromatic rings. The maximum Gasteiger partial charge on any atom is 0.286 e. The summed E-state index contributed by atoms with van der Waals surface area (Å²) in [6, 6.07) is 34.2. The van der Waals surface area contributed by atoms with Crippen LogP contribution in [0.25, 0.3) is 17.2 Å². The maximum absolute atomic E-state index is 14.9. The molecule has 1 unspecified atom stereocenters. The molecule has 0 aromatic heterocycles. The predicted molar refractivity (Wildman–Crippen MR) is 234 cm³/mol. The van der Waals surface area contributed by atoms with Gasteiger partial charge in [0.25, 0.3) is 11.1 Å². The number of likely N-dealkylation sites (tertiary alicyclic amines) is 1. The highest BCUT2D eigenvalue weighted by Crippen LogP contribution is 2.31. The molecule has 2 aliphatic rings. The van der Waals surface area contributed by atoms with E-state index in [0.29, 0.717) is 37.9 Å². The highest BCUT2D eigenvalue weighted by molar-refractivity contribution is 8.15. The summed E-state index contributed by atoms with van der Waals surface area (Å²) in [6.45, 7) is 6.09. The first kappa shape index (κ1) is 45.6. The van der Waals surface area contributed by atoms with Crippen molar-refractivity contribution >= 4 is 46.6 Å². The van der Waals surface area contributed by atoms with Crippen LogP contribution in [0.1, 0.15) is 63.2 Å². The number of amides is 4. The summed E-state index contributed by atoms with van der Waals surface area (Å²) in [6.07, 6.45) is 4.03. The molecule has 4 amide bonds. The number of halogens is 3. The Labute approximate surface area is 370 Å². The van der Waals surface area contributed by atoms with Crippen LogP contribution < -0.4 is 23.0 Å². The molecule has 7 rings (SSSR count). The van der Waals surface area contributed by atoms with Gasteiger partial charge in [-0.1, -0.05) is 123 Å². The lowest BCUT2D eigenvalue weighted by atomic mass is 9.97. The van der Waals surface area contributed by atoms with Crippen molar-refractivity contribution in [1.29, 1.82) is 0 Å². The van der Waals surface area contributed by atoms with Crippen molar-refractivity contribution < 1.29 is 45.2 Å². The van der Waals surface area contributed by atoms with E-state index in [-0.39, 0.29) is 58.7 Å². The van der Waals surface area contributed by atoms with Gasteiger partial charge < -0.3 is 22.6 Å². The van der Waals surface area contributed by atoms with E-state index < -0.39 is 34.6 Å². The van der Waals surface area contributed by atoms with Crippen LogP contribution in [0, 0.1) is 17.6 Å². The minimum Gasteiger partial charge on any atom is -1.00 e. The lowest BCUT2D eigenvalue weighted by Gasteiger charge is -2.31. The van der Waals surface area contributed by atoms with Gasteiger partial charge in [-0.3, -0.25) is 34.2 Å². The SMILES string of the molecule is CC(C)CN(Cc1ccccc1-c1ccccc1)[C@@H]1C[C@@H](CNC(=O)/C=C/c2ccc(CC3SC(=O)NC3=O)cc2)N(C(=O)c2ccccc2C(=O)c2ccc(F)cc2F)C1.[Cl-]. The van der Waals surface area contributed by atoms with Gasteiger partial charge in [0.15, 0.2) is 5.78 Å². The van der Waals surface area contributed by atoms with Gasteiger partial charge in [0.05, 0.1) is 22.4 Å². The molecule has 13 heteroatoms. The normalized spacial score (nSPS) is 17.4. The first-order valence-electron chi connectivity index (χ1n) is 20.3. The van der Waals surface area contributed by atoms with Crippen molar-refractivity contribution in [3.8, 4) is 11.1 Å². The maximum atomic E-state index is 14.9. The van der Waals surface area contributed by atoms with Crippen molar-refractivity contribution in [3.63, 3.8) is 0 Å². The summed E-state index contributed by atoms with van der Waals surface area (Å²) in [7, 11) is 0. The predicted octanol–water partition coefficient (Wildman–Crippen LogP) is 5.33. The molecule has 2 heterocycles. The average molecular weight is 876 g/mol. The summed E-state index contributed by atoms with van der Waals surface area (Å²) in [5.74, 6) is -3.39. The fourth-order valence-electron chi connectivity index (χ4n) is 7.98. The molecule has 2 saturated heterocycles. The topological polar surface area (TPSA) is 116 Å². The zero-order chi connectivity index (χ0) is 43.0. The smallest absolute Gasteiger partial charge is 0.286 e. The first-order chi connectivity index (χ1) is 29.4. The van der Waals surface area contributed by atoms with Crippen molar-refractivity contribution in [2.24, 2.45) is 5.92 Å². The van der Waals surface area contributed by atoms with E-state index in [1.807, 2.05) is 54.6 Å². The van der Waals surface area contributed by atoms with E-state index in [2.05, 4.69) is 53.6 Å². The number of hydrogen-bond acceptors (Lipinski definition) is 7. The van der Waals surface area contributed by atoms with E-state index in [9.17, 15) is 32.8 Å². The third-order valence-electron chi connectivity index (χ3n) is 10.9. The number of imide groups is 1. The second kappa shape index (κ2) is 20.7. The van der Waals surface area contributed by atoms with Gasteiger partial charge in [-0.05, 0) is 70.9 Å². The van der Waals surface area contributed by atoms with Gasteiger partial charge in [0.1, 0.15) is 11.6 Å². The standard InChI is InChI=1S/C49H46F2N4O5S.ClH/c1-31(2)28-54(29-35-12-6-7-13-39(35)34-10-4-3-5-11-34)38-26-37(27-52-45(56)23-20-32-16-18-33(19-17-32)24-44-47(58)53-49(60)61-44)55(30-38)48(59)41-15-9-8-14-40(41)46(57)42-22-21-36(50)25-43(42)51;/h3-23,25,31,37-38,44H,24,26-30H2,1-2H3,(H,52,56)(H,53,58,60);1H/p-1/b23-20+;/t37-,38+,44?;/m0./s1. The average Bonchev–Trinajstić information content (AvgIpc) is 3.83. The minimum absolute atomic E-state index is 0. The molecule has 2 N–H and O–H groups in total. The van der Waals surface area contributed by atoms with Crippen LogP contribution in [0.2, 0.25) is 0 Å². The molecule has 0 bridgehead atoms. The van der Waals surface area contributed by atoms with Gasteiger partial charge in [-0.2, -0.15) is 0 Å². The molecule has 0 spiro atoms. The number of thioether (sulfide) groups is 1. The van der Waals surface area contributed by atoms with Crippen LogP contribution >= 0.6 is 11.8 Å². The van der Waals surface area contributed by atoms with Crippen LogP contribution in [0.15, 0.2) is 127 Å². The Hall–Kier alpha value is -5.95. The lowest BCUT2D eigenvalue weighted by Crippen LogP contribution is -3.00. The van der Waals surface area contributed by atoms with Gasteiger partial charge in [-0.25, -0.2) is 8.78 Å². The monoisotopic (exact) mass is 875 g/mol. The van der Waals surface area contributed by atoms with Crippen molar-refractivity contribution in [1.82, 2.24) is 20.4 Å². The Morgan fingerprint density at radius 1 is 0.871 bits per heavy atom. The minimum atomic E-state index is -1.02. The van der Waals surface area contributed by atoms with Crippen LogP contribution in [0.5, 0.6) is 0 Å². The second-order valence-electron chi connectivity index (χ2n) is 15.8. The van der Waals surface area contributed by atoms with Crippen molar-refractivity contribution in [3.05, 3.63) is 172 Å². The Balaban J connectivity index is 0.00000641. The summed E-state index contributed by atoms with van der Waals surface area (Å²) >= 11 is 0.975. The second-order valence-corrected chi connectivity index (χ2v) is 16.9. The fourth-order valence-corrected chi connectivity index (χ4v) is 8.84. The molecule has 3 atom stereocenters. The van der Waals surface area contributed by atoms with E-state index in [1.54, 1.807) is 23.1 Å². The summed E-state index contributed by atoms with van der Waals surface area (Å²) in [5.41, 5.74) is 4.73. The van der Waals surface area contributed by atoms with Gasteiger partial charge in [-0.15, -0.1) is 0 Å². The van der Waals surface area contributed by atoms with Crippen molar-refractivity contribution in [2.75, 3.05) is 19.6 Å². The largest absolute Gasteiger partial charge is 1.00 e. The molecule has 0 aliphatic carbocycles. The molecular formula is C49H46ClF2N4O5S-. The molecule has 5 aromatic carbocycles. The third kappa shape index (κ3) is 11.1. The fraction of sp³-hybridized carbons (Fsp3) is 0.245. The number of carbonyl (C=O) groups is 5. The van der Waals surface area contributed by atoms with Crippen LogP contribution in [0.4, 0.5) is 13.6 Å². The zero-order valence-corrected chi connectivity index (χ0v) is 35.8. The quantitative estimate of drug-likeness (QED) is 0.108. The van der Waals surface area contributed by atoms with Gasteiger partial charge in [0.2, 0.25) is 11.8 Å². The molecular weight excluding hydrogens is 830 g/mol.